The molecule has 1 aromatic carbocycles. The summed E-state index contributed by atoms with van der Waals surface area (Å²) in [6, 6.07) is 8.70. The van der Waals surface area contributed by atoms with Crippen LogP contribution in [0.15, 0.2) is 30.5 Å². The first-order valence-corrected chi connectivity index (χ1v) is 14.3. The van der Waals surface area contributed by atoms with Gasteiger partial charge in [-0.3, -0.25) is 23.4 Å². The predicted molar refractivity (Wildman–Crippen MR) is 145 cm³/mol. The lowest BCUT2D eigenvalue weighted by molar-refractivity contribution is -0.0313. The number of primary amides is 1. The topological polar surface area (TPSA) is 187 Å². The van der Waals surface area contributed by atoms with E-state index in [-0.39, 0.29) is 61.4 Å². The molecule has 0 atom stereocenters. The van der Waals surface area contributed by atoms with Gasteiger partial charge in [0.25, 0.3) is 11.8 Å². The van der Waals surface area contributed by atoms with Crippen molar-refractivity contribution in [1.82, 2.24) is 19.6 Å². The van der Waals surface area contributed by atoms with Gasteiger partial charge in [0, 0.05) is 30.5 Å². The van der Waals surface area contributed by atoms with E-state index in [1.165, 1.54) is 15.8 Å². The molecule has 0 radical (unpaired) electrons. The van der Waals surface area contributed by atoms with E-state index < -0.39 is 33.7 Å². The summed E-state index contributed by atoms with van der Waals surface area (Å²) in [5.41, 5.74) is 5.19. The summed E-state index contributed by atoms with van der Waals surface area (Å²) < 4.78 is 26.5. The minimum Gasteiger partial charge on any atom is -0.444 e. The number of nitrogens with zero attached hydrogens (tertiary/aromatic N) is 5. The molecule has 0 unspecified atom stereocenters. The molecule has 1 aromatic heterocycles. The molecular weight excluding hydrogens is 526 g/mol. The average Bonchev–Trinajstić information content (AvgIpc) is 3.24. The van der Waals surface area contributed by atoms with Crippen LogP contribution in [0.25, 0.3) is 0 Å². The Bertz CT molecular complexity index is 1300. The van der Waals surface area contributed by atoms with Crippen molar-refractivity contribution in [3.8, 4) is 6.07 Å². The van der Waals surface area contributed by atoms with Crippen molar-refractivity contribution in [1.29, 1.82) is 5.26 Å². The number of nitrogens with two attached hydrogens (primary N) is 1. The molecule has 0 aliphatic carbocycles. The standard InChI is InChI=1S/C25H33N7O6S/c1-24(2,3)38-23(35)31-15-25(16-31,8-9-26)32-14-19(20(27)33)21(29-32)28-18-6-4-17(5-7-18)22(34)30-10-12-39(36,37)13-11-30/h4-7,14,36-37H,8,10-13,15-16H2,1-3H3,(H2,27,33)(H,28,29). The van der Waals surface area contributed by atoms with Crippen LogP contribution < -0.4 is 11.1 Å². The molecule has 14 heteroatoms. The second kappa shape index (κ2) is 10.4. The zero-order chi connectivity index (χ0) is 28.6. The second-order valence-electron chi connectivity index (χ2n) is 10.8. The Balaban J connectivity index is 1.49. The highest BCUT2D eigenvalue weighted by molar-refractivity contribution is 8.24. The van der Waals surface area contributed by atoms with Crippen LogP contribution in [0.4, 0.5) is 16.3 Å². The van der Waals surface area contributed by atoms with Gasteiger partial charge in [-0.05, 0) is 45.0 Å². The lowest BCUT2D eigenvalue weighted by Gasteiger charge is -2.48. The molecule has 4 rings (SSSR count). The van der Waals surface area contributed by atoms with Gasteiger partial charge in [0.2, 0.25) is 0 Å². The van der Waals surface area contributed by atoms with Crippen LogP contribution in [0, 0.1) is 11.3 Å². The van der Waals surface area contributed by atoms with E-state index in [0.29, 0.717) is 11.3 Å². The maximum atomic E-state index is 12.8. The number of likely N-dealkylation sites (tertiary alicyclic amines) is 1. The number of aromatic nitrogens is 2. The van der Waals surface area contributed by atoms with Gasteiger partial charge in [0.1, 0.15) is 16.7 Å². The summed E-state index contributed by atoms with van der Waals surface area (Å²) in [5.74, 6) is -0.422. The van der Waals surface area contributed by atoms with Crippen molar-refractivity contribution in [3.63, 3.8) is 0 Å². The first-order chi connectivity index (χ1) is 18.2. The molecule has 5 N–H and O–H groups in total. The van der Waals surface area contributed by atoms with Crippen LogP contribution >= 0.6 is 10.6 Å². The summed E-state index contributed by atoms with van der Waals surface area (Å²) in [5, 5.41) is 17.0. The Hall–Kier alpha value is -3.80. The number of carbonyl (C=O) groups is 3. The second-order valence-corrected chi connectivity index (χ2v) is 13.2. The lowest BCUT2D eigenvalue weighted by Crippen LogP contribution is -2.64. The summed E-state index contributed by atoms with van der Waals surface area (Å²) in [6.45, 7) is 6.21. The van der Waals surface area contributed by atoms with Crippen LogP contribution in [-0.4, -0.2) is 89.9 Å². The average molecular weight is 560 g/mol. The fourth-order valence-corrected chi connectivity index (χ4v) is 5.67. The van der Waals surface area contributed by atoms with Gasteiger partial charge in [-0.1, -0.05) is 0 Å². The Morgan fingerprint density at radius 3 is 2.31 bits per heavy atom. The fourth-order valence-electron chi connectivity index (χ4n) is 4.44. The summed E-state index contributed by atoms with van der Waals surface area (Å²) in [4.78, 5) is 40.5. The first kappa shape index (κ1) is 28.2. The Morgan fingerprint density at radius 2 is 1.77 bits per heavy atom. The number of ether oxygens (including phenoxy) is 1. The zero-order valence-corrected chi connectivity index (χ0v) is 22.9. The summed E-state index contributed by atoms with van der Waals surface area (Å²) in [6.07, 6.45) is 1.02. The largest absolute Gasteiger partial charge is 0.444 e. The summed E-state index contributed by atoms with van der Waals surface area (Å²) >= 11 is 0. The number of benzene rings is 1. The smallest absolute Gasteiger partial charge is 0.410 e. The van der Waals surface area contributed by atoms with Crippen molar-refractivity contribution in [2.24, 2.45) is 5.73 Å². The van der Waals surface area contributed by atoms with Gasteiger partial charge in [-0.15, -0.1) is 0 Å². The van der Waals surface area contributed by atoms with Crippen molar-refractivity contribution in [2.45, 2.75) is 38.3 Å². The number of nitriles is 1. The molecule has 13 nitrogen and oxygen atoms in total. The minimum atomic E-state index is -2.60. The zero-order valence-electron chi connectivity index (χ0n) is 22.1. The molecule has 2 fully saturated rings. The molecule has 2 saturated heterocycles. The van der Waals surface area contributed by atoms with Crippen LogP contribution in [0.2, 0.25) is 0 Å². The number of anilines is 2. The van der Waals surface area contributed by atoms with E-state index in [9.17, 15) is 28.8 Å². The molecule has 0 bridgehead atoms. The Labute approximate surface area is 227 Å². The van der Waals surface area contributed by atoms with E-state index in [1.54, 1.807) is 49.9 Å². The molecule has 39 heavy (non-hydrogen) atoms. The molecule has 0 spiro atoms. The number of hydrogen-bond donors (Lipinski definition) is 4. The van der Waals surface area contributed by atoms with Gasteiger partial charge in [0.15, 0.2) is 5.82 Å². The van der Waals surface area contributed by atoms with Crippen LogP contribution in [-0.2, 0) is 10.3 Å². The van der Waals surface area contributed by atoms with Crippen LogP contribution in [0.3, 0.4) is 0 Å². The molecule has 2 aliphatic rings. The van der Waals surface area contributed by atoms with Crippen molar-refractivity contribution in [2.75, 3.05) is 43.0 Å². The van der Waals surface area contributed by atoms with Crippen molar-refractivity contribution < 1.29 is 28.2 Å². The van der Waals surface area contributed by atoms with E-state index >= 15 is 0 Å². The number of carbonyl (C=O) groups excluding carboxylic acids is 3. The molecule has 2 aliphatic heterocycles. The molecule has 3 heterocycles. The molecular formula is C25H33N7O6S. The van der Waals surface area contributed by atoms with Crippen LogP contribution in [0.5, 0.6) is 0 Å². The Kier molecular flexibility index (Phi) is 7.53. The molecule has 2 aromatic rings. The van der Waals surface area contributed by atoms with E-state index in [2.05, 4.69) is 16.5 Å². The third-order valence-electron chi connectivity index (χ3n) is 6.55. The number of amides is 3. The first-order valence-electron chi connectivity index (χ1n) is 12.4. The van der Waals surface area contributed by atoms with E-state index in [0.717, 1.165) is 0 Å². The van der Waals surface area contributed by atoms with Gasteiger partial charge in [0.05, 0.1) is 37.1 Å². The quantitative estimate of drug-likeness (QED) is 0.413. The monoisotopic (exact) mass is 559 g/mol. The summed E-state index contributed by atoms with van der Waals surface area (Å²) in [7, 11) is -2.60. The molecule has 0 saturated carbocycles. The van der Waals surface area contributed by atoms with Crippen molar-refractivity contribution >= 4 is 40.0 Å². The number of hydrogen-bond acceptors (Lipinski definition) is 9. The fraction of sp³-hybridized carbons (Fsp3) is 0.480. The molecule has 3 amide bonds. The normalized spacial score (nSPS) is 18.9. The maximum absolute atomic E-state index is 12.8. The van der Waals surface area contributed by atoms with E-state index in [1.807, 2.05) is 0 Å². The highest BCUT2D eigenvalue weighted by atomic mass is 32.3. The lowest BCUT2D eigenvalue weighted by atomic mass is 9.87. The van der Waals surface area contributed by atoms with Crippen LogP contribution in [0.1, 0.15) is 47.9 Å². The number of rotatable bonds is 6. The third kappa shape index (κ3) is 6.27. The van der Waals surface area contributed by atoms with Gasteiger partial charge >= 0.3 is 6.09 Å². The van der Waals surface area contributed by atoms with Gasteiger partial charge in [-0.25, -0.2) is 4.79 Å². The minimum absolute atomic E-state index is 0.0497. The van der Waals surface area contributed by atoms with E-state index in [4.69, 9.17) is 10.5 Å². The third-order valence-corrected chi connectivity index (χ3v) is 8.23. The SMILES string of the molecule is CC(C)(C)OC(=O)N1CC(CC#N)(n2cc(C(N)=O)c(Nc3ccc(C(=O)N4CCS(O)(O)CC4)cc3)n2)C1. The van der Waals surface area contributed by atoms with Gasteiger partial charge < -0.3 is 25.6 Å². The number of nitrogens with one attached hydrogen (secondary N) is 1. The van der Waals surface area contributed by atoms with Gasteiger partial charge in [-0.2, -0.15) is 21.0 Å². The highest BCUT2D eigenvalue weighted by Gasteiger charge is 2.49. The highest BCUT2D eigenvalue weighted by Crippen LogP contribution is 2.40. The molecule has 210 valence electrons. The Morgan fingerprint density at radius 1 is 1.15 bits per heavy atom. The van der Waals surface area contributed by atoms with Crippen molar-refractivity contribution in [3.05, 3.63) is 41.6 Å². The maximum Gasteiger partial charge on any atom is 0.410 e. The predicted octanol–water partition coefficient (Wildman–Crippen LogP) is 2.79.